The van der Waals surface area contributed by atoms with Crippen LogP contribution in [0.1, 0.15) is 37.0 Å². The molecule has 0 N–H and O–H groups in total. The zero-order chi connectivity index (χ0) is 14.8. The van der Waals surface area contributed by atoms with E-state index in [0.29, 0.717) is 12.2 Å². The van der Waals surface area contributed by atoms with Crippen molar-refractivity contribution in [2.45, 2.75) is 32.5 Å². The molecule has 0 amide bonds. The quantitative estimate of drug-likeness (QED) is 0.173. The van der Waals surface area contributed by atoms with Crippen LogP contribution in [0.25, 0.3) is 0 Å². The van der Waals surface area contributed by atoms with Gasteiger partial charge in [-0.25, -0.2) is 9.78 Å². The number of carbonyl (C=O) groups excluding carboxylic acids is 1. The minimum atomic E-state index is -0.737. The highest BCUT2D eigenvalue weighted by Gasteiger charge is 2.17. The van der Waals surface area contributed by atoms with Crippen LogP contribution in [0.15, 0.2) is 42.5 Å². The molecule has 0 aliphatic carbocycles. The summed E-state index contributed by atoms with van der Waals surface area (Å²) in [4.78, 5) is 21.8. The van der Waals surface area contributed by atoms with E-state index in [2.05, 4.69) is 0 Å². The van der Waals surface area contributed by atoms with E-state index in [4.69, 9.17) is 14.5 Å². The summed E-state index contributed by atoms with van der Waals surface area (Å²) in [6, 6.07) is 9.19. The van der Waals surface area contributed by atoms with Crippen LogP contribution in [0.4, 0.5) is 0 Å². The van der Waals surface area contributed by atoms with Gasteiger partial charge in [-0.1, -0.05) is 36.4 Å². The van der Waals surface area contributed by atoms with Gasteiger partial charge in [-0.15, -0.1) is 0 Å². The number of unbranched alkanes of at least 4 members (excludes halogenated alkanes) is 1. The van der Waals surface area contributed by atoms with Gasteiger partial charge in [0.25, 0.3) is 0 Å². The van der Waals surface area contributed by atoms with Gasteiger partial charge in [0.15, 0.2) is 11.6 Å². The molecule has 0 bridgehead atoms. The Balaban J connectivity index is 2.15. The van der Waals surface area contributed by atoms with Crippen molar-refractivity contribution in [3.63, 3.8) is 0 Å². The minimum Gasteiger partial charge on any atom is -0.351 e. The maximum atomic E-state index is 11.7. The number of ether oxygens (including phenoxy) is 1. The Morgan fingerprint density at radius 3 is 2.60 bits per heavy atom. The third-order valence-electron chi connectivity index (χ3n) is 2.68. The van der Waals surface area contributed by atoms with Crippen LogP contribution in [0.3, 0.4) is 0 Å². The molecular weight excluding hydrogens is 256 g/mol. The van der Waals surface area contributed by atoms with Crippen molar-refractivity contribution in [1.82, 2.24) is 0 Å². The Labute approximate surface area is 120 Å². The number of ketones is 1. The van der Waals surface area contributed by atoms with E-state index >= 15 is 0 Å². The van der Waals surface area contributed by atoms with Crippen molar-refractivity contribution in [3.05, 3.63) is 48.0 Å². The minimum absolute atomic E-state index is 0.0169. The summed E-state index contributed by atoms with van der Waals surface area (Å²) in [7, 11) is 1.56. The van der Waals surface area contributed by atoms with Gasteiger partial charge in [0, 0.05) is 12.7 Å². The molecule has 0 unspecified atom stereocenters. The molecule has 4 nitrogen and oxygen atoms in total. The molecule has 1 aromatic rings. The number of benzene rings is 1. The first-order chi connectivity index (χ1) is 9.55. The van der Waals surface area contributed by atoms with Crippen molar-refractivity contribution < 1.29 is 19.3 Å². The van der Waals surface area contributed by atoms with Gasteiger partial charge in [0.2, 0.25) is 0 Å². The molecule has 110 valence electrons. The number of carbonyl (C=O) groups is 1. The van der Waals surface area contributed by atoms with Crippen LogP contribution >= 0.6 is 0 Å². The average Bonchev–Trinajstić information content (AvgIpc) is 2.47. The zero-order valence-electron chi connectivity index (χ0n) is 12.3. The maximum absolute atomic E-state index is 11.7. The van der Waals surface area contributed by atoms with Crippen LogP contribution in [0.5, 0.6) is 0 Å². The average molecular weight is 278 g/mol. The summed E-state index contributed by atoms with van der Waals surface area (Å²) in [5, 5.41) is 0. The molecule has 0 aliphatic heterocycles. The highest BCUT2D eigenvalue weighted by atomic mass is 17.2. The number of rotatable bonds is 9. The van der Waals surface area contributed by atoms with E-state index < -0.39 is 5.79 Å². The zero-order valence-corrected chi connectivity index (χ0v) is 12.3. The van der Waals surface area contributed by atoms with E-state index in [9.17, 15) is 4.79 Å². The number of allylic oxidation sites excluding steroid dienone is 2. The van der Waals surface area contributed by atoms with Gasteiger partial charge >= 0.3 is 0 Å². The summed E-state index contributed by atoms with van der Waals surface area (Å²) < 4.78 is 5.04. The predicted molar refractivity (Wildman–Crippen MR) is 77.3 cm³/mol. The summed E-state index contributed by atoms with van der Waals surface area (Å²) >= 11 is 0. The van der Waals surface area contributed by atoms with Gasteiger partial charge in [0.05, 0.1) is 6.61 Å². The van der Waals surface area contributed by atoms with Crippen molar-refractivity contribution >= 4 is 5.78 Å². The summed E-state index contributed by atoms with van der Waals surface area (Å²) in [5.41, 5.74) is 0.699. The van der Waals surface area contributed by atoms with Gasteiger partial charge in [-0.3, -0.25) is 4.79 Å². The van der Waals surface area contributed by atoms with Crippen molar-refractivity contribution in [2.24, 2.45) is 0 Å². The fourth-order valence-electron chi connectivity index (χ4n) is 1.37. The SMILES string of the molecule is COC(C)(C)OOCCC/C=C/C(=O)c1ccccc1. The molecule has 0 fully saturated rings. The summed E-state index contributed by atoms with van der Waals surface area (Å²) in [6.07, 6.45) is 4.98. The molecular formula is C16H22O4. The lowest BCUT2D eigenvalue weighted by Gasteiger charge is -2.21. The Morgan fingerprint density at radius 1 is 1.25 bits per heavy atom. The van der Waals surface area contributed by atoms with Gasteiger partial charge in [-0.05, 0) is 32.8 Å². The molecule has 0 heterocycles. The smallest absolute Gasteiger partial charge is 0.195 e. The van der Waals surface area contributed by atoms with E-state index in [1.807, 2.05) is 24.3 Å². The molecule has 4 heteroatoms. The molecule has 0 spiro atoms. The van der Waals surface area contributed by atoms with Crippen LogP contribution in [0.2, 0.25) is 0 Å². The second-order valence-corrected chi connectivity index (χ2v) is 4.78. The maximum Gasteiger partial charge on any atom is 0.195 e. The Hall–Kier alpha value is -1.49. The second kappa shape index (κ2) is 8.64. The Bertz CT molecular complexity index is 423. The van der Waals surface area contributed by atoms with Crippen LogP contribution < -0.4 is 0 Å². The molecule has 20 heavy (non-hydrogen) atoms. The van der Waals surface area contributed by atoms with Gasteiger partial charge in [-0.2, -0.15) is 0 Å². The van der Waals surface area contributed by atoms with Crippen LogP contribution in [-0.2, 0) is 14.5 Å². The van der Waals surface area contributed by atoms with Gasteiger partial charge < -0.3 is 4.74 Å². The monoisotopic (exact) mass is 278 g/mol. The number of hydrogen-bond acceptors (Lipinski definition) is 4. The van der Waals surface area contributed by atoms with Crippen molar-refractivity contribution in [1.29, 1.82) is 0 Å². The second-order valence-electron chi connectivity index (χ2n) is 4.78. The van der Waals surface area contributed by atoms with E-state index in [1.54, 1.807) is 39.2 Å². The molecule has 1 rings (SSSR count). The van der Waals surface area contributed by atoms with E-state index in [0.717, 1.165) is 12.8 Å². The molecule has 0 radical (unpaired) electrons. The van der Waals surface area contributed by atoms with Crippen molar-refractivity contribution in [2.75, 3.05) is 13.7 Å². The van der Waals surface area contributed by atoms with Crippen LogP contribution in [-0.4, -0.2) is 25.3 Å². The normalized spacial score (nSPS) is 11.9. The lowest BCUT2D eigenvalue weighted by molar-refractivity contribution is -0.413. The highest BCUT2D eigenvalue weighted by molar-refractivity contribution is 6.04. The molecule has 0 atom stereocenters. The Kier molecular flexibility index (Phi) is 7.15. The first-order valence-corrected chi connectivity index (χ1v) is 6.67. The molecule has 0 aliphatic rings. The number of hydrogen-bond donors (Lipinski definition) is 0. The first kappa shape index (κ1) is 16.6. The molecule has 1 aromatic carbocycles. The lowest BCUT2D eigenvalue weighted by Crippen LogP contribution is -2.26. The lowest BCUT2D eigenvalue weighted by atomic mass is 10.1. The molecule has 0 saturated carbocycles. The Morgan fingerprint density at radius 2 is 1.95 bits per heavy atom. The topological polar surface area (TPSA) is 44.8 Å². The first-order valence-electron chi connectivity index (χ1n) is 6.67. The van der Waals surface area contributed by atoms with E-state index in [1.165, 1.54) is 0 Å². The summed E-state index contributed by atoms with van der Waals surface area (Å²) in [5.74, 6) is -0.720. The fourth-order valence-corrected chi connectivity index (χ4v) is 1.37. The fraction of sp³-hybridized carbons (Fsp3) is 0.438. The third-order valence-corrected chi connectivity index (χ3v) is 2.68. The van der Waals surface area contributed by atoms with Crippen molar-refractivity contribution in [3.8, 4) is 0 Å². The van der Waals surface area contributed by atoms with Crippen LogP contribution in [0, 0.1) is 0 Å². The predicted octanol–water partition coefficient (Wildman–Crippen LogP) is 3.54. The number of methoxy groups -OCH3 is 1. The summed E-state index contributed by atoms with van der Waals surface area (Å²) in [6.45, 7) is 3.99. The third kappa shape index (κ3) is 6.61. The van der Waals surface area contributed by atoms with E-state index in [-0.39, 0.29) is 5.78 Å². The highest BCUT2D eigenvalue weighted by Crippen LogP contribution is 2.10. The molecule has 0 aromatic heterocycles. The largest absolute Gasteiger partial charge is 0.351 e. The van der Waals surface area contributed by atoms with Gasteiger partial charge in [0.1, 0.15) is 0 Å². The molecule has 0 saturated heterocycles. The standard InChI is InChI=1S/C16H22O4/c1-16(2,18-3)20-19-13-9-5-8-12-15(17)14-10-6-4-7-11-14/h4,6-8,10-12H,5,9,13H2,1-3H3/b12-8+.